The fraction of sp³-hybridized carbons (Fsp3) is 0.143. The Kier molecular flexibility index (Phi) is 4.34. The molecule has 0 spiro atoms. The van der Waals surface area contributed by atoms with E-state index in [9.17, 15) is 0 Å². The Labute approximate surface area is 116 Å². The predicted molar refractivity (Wildman–Crippen MR) is 76.8 cm³/mol. The molecule has 0 aliphatic rings. The Morgan fingerprint density at radius 1 is 1.06 bits per heavy atom. The third-order valence-electron chi connectivity index (χ3n) is 2.51. The van der Waals surface area contributed by atoms with Crippen molar-refractivity contribution < 1.29 is 4.74 Å². The Bertz CT molecular complexity index is 506. The molecule has 4 heteroatoms. The molecule has 18 heavy (non-hydrogen) atoms. The lowest BCUT2D eigenvalue weighted by atomic mass is 10.2. The first-order valence-electron chi connectivity index (χ1n) is 5.54. The molecule has 0 amide bonds. The van der Waals surface area contributed by atoms with Gasteiger partial charge in [0.1, 0.15) is 6.61 Å². The fourth-order valence-electron chi connectivity index (χ4n) is 1.57. The number of nitrogens with one attached hydrogen (secondary N) is 1. The van der Waals surface area contributed by atoms with Gasteiger partial charge in [-0.2, -0.15) is 0 Å². The molecule has 0 fully saturated rings. The largest absolute Gasteiger partial charge is 0.486 e. The molecule has 94 valence electrons. The molecule has 0 atom stereocenters. The molecule has 0 aromatic heterocycles. The van der Waals surface area contributed by atoms with Gasteiger partial charge in [-0.3, -0.25) is 0 Å². The van der Waals surface area contributed by atoms with E-state index in [2.05, 4.69) is 5.32 Å². The summed E-state index contributed by atoms with van der Waals surface area (Å²) in [5.41, 5.74) is 1.93. The van der Waals surface area contributed by atoms with Crippen LogP contribution in [0.2, 0.25) is 10.0 Å². The average molecular weight is 282 g/mol. The molecule has 0 aliphatic heterocycles. The Morgan fingerprint density at radius 3 is 2.22 bits per heavy atom. The van der Waals surface area contributed by atoms with E-state index in [0.29, 0.717) is 22.4 Å². The number of hydrogen-bond acceptors (Lipinski definition) is 2. The van der Waals surface area contributed by atoms with Crippen LogP contribution in [-0.2, 0) is 6.61 Å². The first-order chi connectivity index (χ1) is 8.70. The van der Waals surface area contributed by atoms with Crippen molar-refractivity contribution in [3.8, 4) is 5.75 Å². The lowest BCUT2D eigenvalue weighted by molar-refractivity contribution is 0.306. The molecule has 0 radical (unpaired) electrons. The van der Waals surface area contributed by atoms with Crippen molar-refractivity contribution in [1.82, 2.24) is 0 Å². The topological polar surface area (TPSA) is 21.3 Å². The summed E-state index contributed by atoms with van der Waals surface area (Å²) in [7, 11) is 1.81. The van der Waals surface area contributed by atoms with Gasteiger partial charge in [0.05, 0.1) is 10.0 Å². The second-order valence-electron chi connectivity index (χ2n) is 3.79. The SMILES string of the molecule is CNc1cc(Cl)c(OCc2ccccc2)c(Cl)c1. The highest BCUT2D eigenvalue weighted by Gasteiger charge is 2.09. The van der Waals surface area contributed by atoms with Gasteiger partial charge in [-0.15, -0.1) is 0 Å². The van der Waals surface area contributed by atoms with Crippen molar-refractivity contribution in [3.05, 3.63) is 58.1 Å². The van der Waals surface area contributed by atoms with Crippen LogP contribution in [0.1, 0.15) is 5.56 Å². The smallest absolute Gasteiger partial charge is 0.157 e. The molecular formula is C14H13Cl2NO. The van der Waals surface area contributed by atoms with Gasteiger partial charge in [-0.05, 0) is 17.7 Å². The minimum atomic E-state index is 0.444. The van der Waals surface area contributed by atoms with Gasteiger partial charge >= 0.3 is 0 Å². The normalized spacial score (nSPS) is 10.2. The number of rotatable bonds is 4. The first-order valence-corrected chi connectivity index (χ1v) is 6.30. The van der Waals surface area contributed by atoms with Crippen LogP contribution in [0.5, 0.6) is 5.75 Å². The molecule has 2 aromatic carbocycles. The van der Waals surface area contributed by atoms with Crippen molar-refractivity contribution >= 4 is 28.9 Å². The van der Waals surface area contributed by atoms with E-state index in [4.69, 9.17) is 27.9 Å². The zero-order valence-electron chi connectivity index (χ0n) is 9.91. The first kappa shape index (κ1) is 13.1. The summed E-state index contributed by atoms with van der Waals surface area (Å²) < 4.78 is 5.66. The van der Waals surface area contributed by atoms with Crippen LogP contribution in [0.15, 0.2) is 42.5 Å². The third kappa shape index (κ3) is 3.09. The van der Waals surface area contributed by atoms with Gasteiger partial charge in [0.15, 0.2) is 5.75 Å². The molecule has 0 saturated carbocycles. The molecule has 0 bridgehead atoms. The lowest BCUT2D eigenvalue weighted by Crippen LogP contribution is -1.97. The highest BCUT2D eigenvalue weighted by molar-refractivity contribution is 6.37. The zero-order valence-corrected chi connectivity index (χ0v) is 11.4. The molecule has 2 rings (SSSR count). The van der Waals surface area contributed by atoms with Crippen molar-refractivity contribution in [1.29, 1.82) is 0 Å². The number of hydrogen-bond donors (Lipinski definition) is 1. The Hall–Kier alpha value is -1.38. The molecule has 2 nitrogen and oxygen atoms in total. The highest BCUT2D eigenvalue weighted by Crippen LogP contribution is 2.36. The minimum Gasteiger partial charge on any atom is -0.486 e. The fourth-order valence-corrected chi connectivity index (χ4v) is 2.17. The van der Waals surface area contributed by atoms with Gasteiger partial charge in [0, 0.05) is 12.7 Å². The van der Waals surface area contributed by atoms with Crippen LogP contribution in [0, 0.1) is 0 Å². The van der Waals surface area contributed by atoms with Gasteiger partial charge in [0.2, 0.25) is 0 Å². The van der Waals surface area contributed by atoms with Crippen LogP contribution in [0.4, 0.5) is 5.69 Å². The van der Waals surface area contributed by atoms with E-state index in [1.165, 1.54) is 0 Å². The van der Waals surface area contributed by atoms with E-state index in [0.717, 1.165) is 11.3 Å². The summed E-state index contributed by atoms with van der Waals surface area (Å²) in [6.45, 7) is 0.444. The summed E-state index contributed by atoms with van der Waals surface area (Å²) in [5, 5.41) is 3.99. The van der Waals surface area contributed by atoms with E-state index >= 15 is 0 Å². The number of halogens is 2. The second-order valence-corrected chi connectivity index (χ2v) is 4.61. The van der Waals surface area contributed by atoms with Gasteiger partial charge in [-0.1, -0.05) is 53.5 Å². The number of ether oxygens (including phenoxy) is 1. The van der Waals surface area contributed by atoms with Crippen LogP contribution in [-0.4, -0.2) is 7.05 Å². The number of benzene rings is 2. The van der Waals surface area contributed by atoms with Crippen LogP contribution in [0.3, 0.4) is 0 Å². The summed E-state index contributed by atoms with van der Waals surface area (Å²) >= 11 is 12.3. The second kappa shape index (κ2) is 5.98. The maximum absolute atomic E-state index is 6.13. The standard InChI is InChI=1S/C14H13Cl2NO/c1-17-11-7-12(15)14(13(16)8-11)18-9-10-5-3-2-4-6-10/h2-8,17H,9H2,1H3. The zero-order chi connectivity index (χ0) is 13.0. The van der Waals surface area contributed by atoms with E-state index in [1.54, 1.807) is 12.1 Å². The monoisotopic (exact) mass is 281 g/mol. The molecule has 1 N–H and O–H groups in total. The maximum atomic E-state index is 6.13. The summed E-state index contributed by atoms with van der Waals surface area (Å²) in [4.78, 5) is 0. The molecule has 0 aliphatic carbocycles. The number of anilines is 1. The Morgan fingerprint density at radius 2 is 1.67 bits per heavy atom. The average Bonchev–Trinajstić information content (AvgIpc) is 2.38. The van der Waals surface area contributed by atoms with Gasteiger partial charge in [-0.25, -0.2) is 0 Å². The summed E-state index contributed by atoms with van der Waals surface area (Å²) in [5.74, 6) is 0.515. The highest BCUT2D eigenvalue weighted by atomic mass is 35.5. The van der Waals surface area contributed by atoms with Crippen molar-refractivity contribution in [2.24, 2.45) is 0 Å². The van der Waals surface area contributed by atoms with Crippen molar-refractivity contribution in [2.45, 2.75) is 6.61 Å². The van der Waals surface area contributed by atoms with Gasteiger partial charge < -0.3 is 10.1 Å². The van der Waals surface area contributed by atoms with E-state index in [1.807, 2.05) is 37.4 Å². The summed E-state index contributed by atoms with van der Waals surface area (Å²) in [6.07, 6.45) is 0. The molecular weight excluding hydrogens is 269 g/mol. The lowest BCUT2D eigenvalue weighted by Gasteiger charge is -2.11. The van der Waals surface area contributed by atoms with E-state index < -0.39 is 0 Å². The van der Waals surface area contributed by atoms with Crippen molar-refractivity contribution in [2.75, 3.05) is 12.4 Å². The third-order valence-corrected chi connectivity index (χ3v) is 3.07. The molecule has 0 saturated heterocycles. The van der Waals surface area contributed by atoms with E-state index in [-0.39, 0.29) is 0 Å². The maximum Gasteiger partial charge on any atom is 0.157 e. The molecule has 0 heterocycles. The van der Waals surface area contributed by atoms with Gasteiger partial charge in [0.25, 0.3) is 0 Å². The quantitative estimate of drug-likeness (QED) is 0.883. The summed E-state index contributed by atoms with van der Waals surface area (Å²) in [6, 6.07) is 13.4. The van der Waals surface area contributed by atoms with Crippen LogP contribution in [0.25, 0.3) is 0 Å². The Balaban J connectivity index is 2.15. The van der Waals surface area contributed by atoms with Crippen LogP contribution >= 0.6 is 23.2 Å². The predicted octanol–water partition coefficient (Wildman–Crippen LogP) is 4.61. The van der Waals surface area contributed by atoms with Crippen molar-refractivity contribution in [3.63, 3.8) is 0 Å². The minimum absolute atomic E-state index is 0.444. The van der Waals surface area contributed by atoms with Crippen LogP contribution < -0.4 is 10.1 Å². The molecule has 0 unspecified atom stereocenters. The molecule has 2 aromatic rings.